The Morgan fingerprint density at radius 3 is 2.75 bits per heavy atom. The van der Waals surface area contributed by atoms with Gasteiger partial charge in [0.15, 0.2) is 0 Å². The molecule has 0 atom stereocenters. The maximum absolute atomic E-state index is 12.9. The number of hydrogen-bond donors (Lipinski definition) is 1. The Morgan fingerprint density at radius 1 is 1.56 bits per heavy atom. The number of rotatable bonds is 4. The van der Waals surface area contributed by atoms with E-state index in [1.54, 1.807) is 0 Å². The van der Waals surface area contributed by atoms with E-state index in [2.05, 4.69) is 0 Å². The predicted octanol–water partition coefficient (Wildman–Crippen LogP) is 1.64. The molecular formula is C10H10FNO4. The molecule has 6 heteroatoms. The van der Waals surface area contributed by atoms with E-state index in [1.807, 2.05) is 0 Å². The molecule has 1 aliphatic carbocycles. The highest BCUT2D eigenvalue weighted by atomic mass is 19.1. The summed E-state index contributed by atoms with van der Waals surface area (Å²) in [4.78, 5) is 10.0. The zero-order valence-corrected chi connectivity index (χ0v) is 8.35. The zero-order chi connectivity index (χ0) is 11.8. The summed E-state index contributed by atoms with van der Waals surface area (Å²) in [6.45, 7) is -0.222. The van der Waals surface area contributed by atoms with Gasteiger partial charge in [0.25, 0.3) is 0 Å². The van der Waals surface area contributed by atoms with Gasteiger partial charge in [-0.2, -0.15) is 0 Å². The first-order chi connectivity index (χ1) is 7.56. The topological polar surface area (TPSA) is 72.6 Å². The third-order valence-corrected chi connectivity index (χ3v) is 2.54. The lowest BCUT2D eigenvalue weighted by Gasteiger charge is -2.14. The Hall–Kier alpha value is -1.69. The summed E-state index contributed by atoms with van der Waals surface area (Å²) in [6.07, 6.45) is 1.24. The van der Waals surface area contributed by atoms with Gasteiger partial charge in [0.2, 0.25) is 5.75 Å². The molecule has 1 N–H and O–H groups in total. The van der Waals surface area contributed by atoms with Crippen molar-refractivity contribution in [2.45, 2.75) is 18.4 Å². The number of ether oxygens (including phenoxy) is 1. The molecule has 0 unspecified atom stereocenters. The van der Waals surface area contributed by atoms with Gasteiger partial charge in [-0.25, -0.2) is 4.39 Å². The molecule has 2 rings (SSSR count). The van der Waals surface area contributed by atoms with Crippen molar-refractivity contribution >= 4 is 5.69 Å². The largest absolute Gasteiger partial charge is 0.478 e. The third kappa shape index (κ3) is 1.96. The molecule has 16 heavy (non-hydrogen) atoms. The highest BCUT2D eigenvalue weighted by molar-refractivity contribution is 5.47. The number of nitrogens with zero attached hydrogens (tertiary/aromatic N) is 1. The number of nitro groups is 1. The van der Waals surface area contributed by atoms with Gasteiger partial charge in [-0.3, -0.25) is 10.1 Å². The number of aliphatic hydroxyl groups excluding tert-OH is 1. The Labute approximate surface area is 90.6 Å². The van der Waals surface area contributed by atoms with Crippen molar-refractivity contribution in [3.63, 3.8) is 0 Å². The van der Waals surface area contributed by atoms with Crippen LogP contribution in [-0.2, 0) is 0 Å². The first kappa shape index (κ1) is 10.8. The summed E-state index contributed by atoms with van der Waals surface area (Å²) < 4.78 is 18.2. The fraction of sp³-hybridized carbons (Fsp3) is 0.400. The quantitative estimate of drug-likeness (QED) is 0.626. The van der Waals surface area contributed by atoms with E-state index in [4.69, 9.17) is 9.84 Å². The molecule has 5 nitrogen and oxygen atoms in total. The van der Waals surface area contributed by atoms with Gasteiger partial charge in [0, 0.05) is 12.1 Å². The fourth-order valence-corrected chi connectivity index (χ4v) is 1.39. The second-order valence-corrected chi connectivity index (χ2v) is 3.81. The second kappa shape index (κ2) is 3.71. The predicted molar refractivity (Wildman–Crippen MR) is 52.7 cm³/mol. The number of aliphatic hydroxyl groups is 1. The van der Waals surface area contributed by atoms with Gasteiger partial charge < -0.3 is 9.84 Å². The van der Waals surface area contributed by atoms with Crippen molar-refractivity contribution in [3.05, 3.63) is 34.1 Å². The molecule has 1 aliphatic rings. The summed E-state index contributed by atoms with van der Waals surface area (Å²) in [6, 6.07) is 3.02. The van der Waals surface area contributed by atoms with Gasteiger partial charge in [0.05, 0.1) is 11.5 Å². The molecule has 1 saturated carbocycles. The SMILES string of the molecule is O=[N+]([O-])c1ccc(F)cc1OC1(CO)CC1. The van der Waals surface area contributed by atoms with Crippen molar-refractivity contribution in [2.75, 3.05) is 6.61 Å². The van der Waals surface area contributed by atoms with Gasteiger partial charge in [-0.15, -0.1) is 0 Å². The molecule has 1 aromatic carbocycles. The minimum absolute atomic E-state index is 0.128. The lowest BCUT2D eigenvalue weighted by atomic mass is 10.2. The van der Waals surface area contributed by atoms with Gasteiger partial charge in [-0.1, -0.05) is 0 Å². The highest BCUT2D eigenvalue weighted by Crippen LogP contribution is 2.42. The van der Waals surface area contributed by atoms with Gasteiger partial charge >= 0.3 is 5.69 Å². The zero-order valence-electron chi connectivity index (χ0n) is 8.35. The van der Waals surface area contributed by atoms with Gasteiger partial charge in [0.1, 0.15) is 11.4 Å². The van der Waals surface area contributed by atoms with E-state index in [9.17, 15) is 14.5 Å². The summed E-state index contributed by atoms with van der Waals surface area (Å²) in [7, 11) is 0. The number of benzene rings is 1. The summed E-state index contributed by atoms with van der Waals surface area (Å²) >= 11 is 0. The Kier molecular flexibility index (Phi) is 2.51. The summed E-state index contributed by atoms with van der Waals surface area (Å²) in [5.41, 5.74) is -1.04. The Morgan fingerprint density at radius 2 is 2.25 bits per heavy atom. The van der Waals surface area contributed by atoms with E-state index < -0.39 is 16.3 Å². The van der Waals surface area contributed by atoms with Crippen LogP contribution in [0.15, 0.2) is 18.2 Å². The molecule has 0 aromatic heterocycles. The Balaban J connectivity index is 2.31. The van der Waals surface area contributed by atoms with Crippen LogP contribution in [0.2, 0.25) is 0 Å². The molecular weight excluding hydrogens is 217 g/mol. The van der Waals surface area contributed by atoms with Crippen molar-refractivity contribution in [1.29, 1.82) is 0 Å². The molecule has 0 saturated heterocycles. The average molecular weight is 227 g/mol. The lowest BCUT2D eigenvalue weighted by molar-refractivity contribution is -0.386. The van der Waals surface area contributed by atoms with Crippen LogP contribution < -0.4 is 4.74 Å². The number of nitro benzene ring substituents is 1. The van der Waals surface area contributed by atoms with Crippen LogP contribution >= 0.6 is 0 Å². The average Bonchev–Trinajstić information content (AvgIpc) is 2.98. The van der Waals surface area contributed by atoms with Crippen molar-refractivity contribution in [3.8, 4) is 5.75 Å². The first-order valence-electron chi connectivity index (χ1n) is 4.80. The van der Waals surface area contributed by atoms with Crippen LogP contribution in [0.5, 0.6) is 5.75 Å². The maximum atomic E-state index is 12.9. The van der Waals surface area contributed by atoms with E-state index in [0.29, 0.717) is 12.8 Å². The Bertz CT molecular complexity index is 431. The van der Waals surface area contributed by atoms with Crippen LogP contribution in [0, 0.1) is 15.9 Å². The summed E-state index contributed by atoms with van der Waals surface area (Å²) in [5.74, 6) is -0.731. The molecule has 0 radical (unpaired) electrons. The van der Waals surface area contributed by atoms with Crippen LogP contribution in [-0.4, -0.2) is 22.2 Å². The molecule has 0 bridgehead atoms. The number of hydrogen-bond acceptors (Lipinski definition) is 4. The molecule has 1 aromatic rings. The van der Waals surface area contributed by atoms with Crippen LogP contribution in [0.3, 0.4) is 0 Å². The highest BCUT2D eigenvalue weighted by Gasteiger charge is 2.46. The van der Waals surface area contributed by atoms with Crippen LogP contribution in [0.1, 0.15) is 12.8 Å². The molecule has 0 spiro atoms. The van der Waals surface area contributed by atoms with Crippen LogP contribution in [0.25, 0.3) is 0 Å². The first-order valence-corrected chi connectivity index (χ1v) is 4.80. The van der Waals surface area contributed by atoms with E-state index in [1.165, 1.54) is 0 Å². The molecule has 1 fully saturated rings. The van der Waals surface area contributed by atoms with E-state index >= 15 is 0 Å². The minimum Gasteiger partial charge on any atom is -0.478 e. The van der Waals surface area contributed by atoms with Crippen molar-refractivity contribution in [2.24, 2.45) is 0 Å². The van der Waals surface area contributed by atoms with Crippen molar-refractivity contribution < 1.29 is 19.2 Å². The minimum atomic E-state index is -0.751. The maximum Gasteiger partial charge on any atom is 0.311 e. The van der Waals surface area contributed by atoms with E-state index in [0.717, 1.165) is 18.2 Å². The van der Waals surface area contributed by atoms with Gasteiger partial charge in [-0.05, 0) is 18.9 Å². The standard InChI is InChI=1S/C10H10FNO4/c11-7-1-2-8(12(14)15)9(5-7)16-10(6-13)3-4-10/h1-2,5,13H,3-4,6H2. The number of halogens is 1. The second-order valence-electron chi connectivity index (χ2n) is 3.81. The molecule has 86 valence electrons. The molecule has 0 aliphatic heterocycles. The monoisotopic (exact) mass is 227 g/mol. The third-order valence-electron chi connectivity index (χ3n) is 2.54. The van der Waals surface area contributed by atoms with Crippen molar-refractivity contribution in [1.82, 2.24) is 0 Å². The fourth-order valence-electron chi connectivity index (χ4n) is 1.39. The lowest BCUT2D eigenvalue weighted by Crippen LogP contribution is -2.23. The molecule has 0 amide bonds. The van der Waals surface area contributed by atoms with Crippen LogP contribution in [0.4, 0.5) is 10.1 Å². The normalized spacial score (nSPS) is 16.9. The molecule has 0 heterocycles. The van der Waals surface area contributed by atoms with E-state index in [-0.39, 0.29) is 18.0 Å². The smallest absolute Gasteiger partial charge is 0.311 e. The summed E-state index contributed by atoms with van der Waals surface area (Å²) in [5, 5.41) is 19.7.